The van der Waals surface area contributed by atoms with Gasteiger partial charge in [0.15, 0.2) is 6.61 Å². The van der Waals surface area contributed by atoms with Gasteiger partial charge in [-0.2, -0.15) is 5.10 Å². The number of hydrogen-bond acceptors (Lipinski definition) is 4. The summed E-state index contributed by atoms with van der Waals surface area (Å²) in [7, 11) is 0. The molecule has 0 spiro atoms. The van der Waals surface area contributed by atoms with E-state index < -0.39 is 0 Å². The van der Waals surface area contributed by atoms with E-state index in [9.17, 15) is 4.79 Å². The Morgan fingerprint density at radius 3 is 2.67 bits per heavy atom. The normalized spacial score (nSPS) is 10.5. The summed E-state index contributed by atoms with van der Waals surface area (Å²) in [6, 6.07) is 14.8. The molecular formula is C16H17N3O2. The molecule has 0 fully saturated rings. The van der Waals surface area contributed by atoms with E-state index in [1.807, 2.05) is 49.4 Å². The third-order valence-corrected chi connectivity index (χ3v) is 2.83. The van der Waals surface area contributed by atoms with Crippen molar-refractivity contribution in [2.45, 2.75) is 6.92 Å². The molecule has 2 rings (SSSR count). The molecule has 0 unspecified atom stereocenters. The van der Waals surface area contributed by atoms with Crippen molar-refractivity contribution in [1.82, 2.24) is 0 Å². The van der Waals surface area contributed by atoms with E-state index in [-0.39, 0.29) is 12.5 Å². The molecule has 0 aliphatic rings. The predicted octanol–water partition coefficient (Wildman–Crippen LogP) is 2.31. The van der Waals surface area contributed by atoms with Crippen LogP contribution in [0.1, 0.15) is 11.1 Å². The molecule has 0 aliphatic carbocycles. The number of nitrogens with two attached hydrogens (primary N) is 1. The van der Waals surface area contributed by atoms with Crippen LogP contribution in [0.3, 0.4) is 0 Å². The van der Waals surface area contributed by atoms with Crippen molar-refractivity contribution < 1.29 is 9.53 Å². The fourth-order valence-electron chi connectivity index (χ4n) is 1.78. The average Bonchev–Trinajstić information content (AvgIpc) is 2.49. The van der Waals surface area contributed by atoms with Crippen molar-refractivity contribution in [1.29, 1.82) is 0 Å². The first kappa shape index (κ1) is 14.6. The number of hydrogen-bond donors (Lipinski definition) is 2. The summed E-state index contributed by atoms with van der Waals surface area (Å²) >= 11 is 0. The summed E-state index contributed by atoms with van der Waals surface area (Å²) in [6.07, 6.45) is 1.48. The molecule has 108 valence electrons. The summed E-state index contributed by atoms with van der Waals surface area (Å²) in [5, 5.41) is 6.23. The zero-order valence-electron chi connectivity index (χ0n) is 11.7. The van der Waals surface area contributed by atoms with Crippen LogP contribution in [0.25, 0.3) is 0 Å². The van der Waals surface area contributed by atoms with Crippen molar-refractivity contribution in [2.24, 2.45) is 10.9 Å². The van der Waals surface area contributed by atoms with E-state index in [0.717, 1.165) is 16.8 Å². The number of anilines is 1. The van der Waals surface area contributed by atoms with Gasteiger partial charge in [-0.25, -0.2) is 0 Å². The van der Waals surface area contributed by atoms with Gasteiger partial charge < -0.3 is 15.9 Å². The van der Waals surface area contributed by atoms with Crippen molar-refractivity contribution in [3.05, 3.63) is 59.7 Å². The maximum absolute atomic E-state index is 11.8. The highest BCUT2D eigenvalue weighted by molar-refractivity contribution is 5.92. The van der Waals surface area contributed by atoms with Gasteiger partial charge in [-0.15, -0.1) is 0 Å². The van der Waals surface area contributed by atoms with Crippen LogP contribution >= 0.6 is 0 Å². The number of carbonyl (C=O) groups excluding carboxylic acids is 1. The summed E-state index contributed by atoms with van der Waals surface area (Å²) in [6.45, 7) is 1.91. The largest absolute Gasteiger partial charge is 0.483 e. The van der Waals surface area contributed by atoms with Crippen LogP contribution in [0.4, 0.5) is 5.69 Å². The van der Waals surface area contributed by atoms with Crippen LogP contribution < -0.4 is 15.9 Å². The molecule has 0 bridgehead atoms. The molecule has 2 aromatic rings. The first-order chi connectivity index (χ1) is 10.2. The van der Waals surface area contributed by atoms with Gasteiger partial charge in [0.2, 0.25) is 0 Å². The molecule has 2 aromatic carbocycles. The van der Waals surface area contributed by atoms with Gasteiger partial charge in [-0.05, 0) is 31.2 Å². The Balaban J connectivity index is 1.93. The van der Waals surface area contributed by atoms with Crippen LogP contribution in [0.15, 0.2) is 53.6 Å². The number of nitrogens with zero attached hydrogens (tertiary/aromatic N) is 1. The van der Waals surface area contributed by atoms with E-state index in [2.05, 4.69) is 10.4 Å². The molecule has 1 amide bonds. The minimum atomic E-state index is -0.224. The molecule has 0 heterocycles. The third kappa shape index (κ3) is 4.35. The lowest BCUT2D eigenvalue weighted by Crippen LogP contribution is -2.20. The molecule has 3 N–H and O–H groups in total. The van der Waals surface area contributed by atoms with Gasteiger partial charge in [-0.1, -0.05) is 29.8 Å². The SMILES string of the molecule is Cc1ccc(NC(=O)COc2ccccc2C=NN)cc1. The molecule has 0 aromatic heterocycles. The second-order valence-corrected chi connectivity index (χ2v) is 4.52. The number of rotatable bonds is 5. The Labute approximate surface area is 123 Å². The molecule has 0 atom stereocenters. The van der Waals surface area contributed by atoms with Crippen molar-refractivity contribution in [3.8, 4) is 5.75 Å². The van der Waals surface area contributed by atoms with E-state index in [1.165, 1.54) is 6.21 Å². The van der Waals surface area contributed by atoms with Gasteiger partial charge in [0.05, 0.1) is 6.21 Å². The van der Waals surface area contributed by atoms with Crippen LogP contribution in [0.2, 0.25) is 0 Å². The summed E-state index contributed by atoms with van der Waals surface area (Å²) in [5.41, 5.74) is 2.60. The third-order valence-electron chi connectivity index (χ3n) is 2.83. The molecule has 0 saturated carbocycles. The van der Waals surface area contributed by atoms with E-state index >= 15 is 0 Å². The maximum Gasteiger partial charge on any atom is 0.262 e. The lowest BCUT2D eigenvalue weighted by molar-refractivity contribution is -0.118. The number of nitrogens with one attached hydrogen (secondary N) is 1. The smallest absolute Gasteiger partial charge is 0.262 e. The number of ether oxygens (including phenoxy) is 1. The van der Waals surface area contributed by atoms with Crippen LogP contribution in [0.5, 0.6) is 5.75 Å². The zero-order chi connectivity index (χ0) is 15.1. The Bertz CT molecular complexity index is 636. The number of aryl methyl sites for hydroxylation is 1. The zero-order valence-corrected chi connectivity index (χ0v) is 11.7. The number of hydrazone groups is 1. The lowest BCUT2D eigenvalue weighted by Gasteiger charge is -2.09. The van der Waals surface area contributed by atoms with Gasteiger partial charge in [-0.3, -0.25) is 4.79 Å². The highest BCUT2D eigenvalue weighted by Crippen LogP contribution is 2.16. The molecule has 0 aliphatic heterocycles. The van der Waals surface area contributed by atoms with Gasteiger partial charge in [0, 0.05) is 11.3 Å². The quantitative estimate of drug-likeness (QED) is 0.502. The monoisotopic (exact) mass is 283 g/mol. The number of para-hydroxylation sites is 1. The van der Waals surface area contributed by atoms with E-state index in [0.29, 0.717) is 5.75 Å². The predicted molar refractivity (Wildman–Crippen MR) is 83.5 cm³/mol. The fourth-order valence-corrected chi connectivity index (χ4v) is 1.78. The topological polar surface area (TPSA) is 76.7 Å². The molecule has 21 heavy (non-hydrogen) atoms. The first-order valence-electron chi connectivity index (χ1n) is 6.50. The minimum absolute atomic E-state index is 0.0801. The molecule has 5 nitrogen and oxygen atoms in total. The van der Waals surface area contributed by atoms with Crippen LogP contribution in [0, 0.1) is 6.92 Å². The minimum Gasteiger partial charge on any atom is -0.483 e. The van der Waals surface area contributed by atoms with Gasteiger partial charge in [0.25, 0.3) is 5.91 Å². The highest BCUT2D eigenvalue weighted by Gasteiger charge is 2.06. The molecule has 0 saturated heterocycles. The summed E-state index contributed by atoms with van der Waals surface area (Å²) in [5.74, 6) is 5.47. The Hall–Kier alpha value is -2.82. The van der Waals surface area contributed by atoms with Crippen molar-refractivity contribution in [2.75, 3.05) is 11.9 Å². The Morgan fingerprint density at radius 2 is 1.95 bits per heavy atom. The van der Waals surface area contributed by atoms with Gasteiger partial charge >= 0.3 is 0 Å². The summed E-state index contributed by atoms with van der Waals surface area (Å²) in [4.78, 5) is 11.8. The first-order valence-corrected chi connectivity index (χ1v) is 6.50. The van der Waals surface area contributed by atoms with Crippen molar-refractivity contribution >= 4 is 17.8 Å². The van der Waals surface area contributed by atoms with E-state index in [4.69, 9.17) is 10.6 Å². The lowest BCUT2D eigenvalue weighted by atomic mass is 10.2. The second kappa shape index (κ2) is 7.09. The van der Waals surface area contributed by atoms with Gasteiger partial charge in [0.1, 0.15) is 5.75 Å². The maximum atomic E-state index is 11.8. The standard InChI is InChI=1S/C16H17N3O2/c1-12-6-8-14(9-7-12)19-16(20)11-21-15-5-3-2-4-13(15)10-18-17/h2-10H,11,17H2,1H3,(H,19,20). The van der Waals surface area contributed by atoms with Crippen molar-refractivity contribution in [3.63, 3.8) is 0 Å². The highest BCUT2D eigenvalue weighted by atomic mass is 16.5. The summed E-state index contributed by atoms with van der Waals surface area (Å²) < 4.78 is 5.49. The number of carbonyl (C=O) groups is 1. The average molecular weight is 283 g/mol. The molecule has 5 heteroatoms. The molecular weight excluding hydrogens is 266 g/mol. The second-order valence-electron chi connectivity index (χ2n) is 4.52. The van der Waals surface area contributed by atoms with E-state index in [1.54, 1.807) is 6.07 Å². The number of benzene rings is 2. The molecule has 0 radical (unpaired) electrons. The van der Waals surface area contributed by atoms with Crippen LogP contribution in [-0.4, -0.2) is 18.7 Å². The number of amides is 1. The Kier molecular flexibility index (Phi) is 4.93. The van der Waals surface area contributed by atoms with Crippen LogP contribution in [-0.2, 0) is 4.79 Å². The Morgan fingerprint density at radius 1 is 1.24 bits per heavy atom. The fraction of sp³-hybridized carbons (Fsp3) is 0.125.